The summed E-state index contributed by atoms with van der Waals surface area (Å²) in [5, 5.41) is 3.20. The molecule has 0 saturated heterocycles. The zero-order valence-electron chi connectivity index (χ0n) is 11.0. The van der Waals surface area contributed by atoms with Crippen LogP contribution in [0.2, 0.25) is 0 Å². The van der Waals surface area contributed by atoms with Crippen LogP contribution in [0.4, 0.5) is 0 Å². The number of likely N-dealkylation sites (N-methyl/N-ethyl adjacent to an activating group) is 1. The van der Waals surface area contributed by atoms with E-state index in [1.165, 1.54) is 0 Å². The average molecular weight is 235 g/mol. The van der Waals surface area contributed by atoms with Gasteiger partial charge in [0.2, 0.25) is 0 Å². The molecule has 1 rings (SSSR count). The molecule has 0 amide bonds. The topological polar surface area (TPSA) is 38.3 Å². The SMILES string of the molecule is CCNC(CC)C(=O)c1ccc(OC)c(C)c1. The standard InChI is InChI=1S/C14H21NO2/c1-5-12(15-6-2)14(16)11-7-8-13(17-4)10(3)9-11/h7-9,12,15H,5-6H2,1-4H3. The minimum Gasteiger partial charge on any atom is -0.496 e. The Morgan fingerprint density at radius 2 is 2.12 bits per heavy atom. The fourth-order valence-corrected chi connectivity index (χ4v) is 1.90. The van der Waals surface area contributed by atoms with E-state index in [0.29, 0.717) is 0 Å². The lowest BCUT2D eigenvalue weighted by molar-refractivity contribution is 0.0941. The predicted molar refractivity (Wildman–Crippen MR) is 69.8 cm³/mol. The first-order valence-corrected chi connectivity index (χ1v) is 6.06. The third-order valence-corrected chi connectivity index (χ3v) is 2.85. The number of hydrogen-bond donors (Lipinski definition) is 1. The van der Waals surface area contributed by atoms with Crippen LogP contribution in [0.1, 0.15) is 36.2 Å². The molecule has 0 saturated carbocycles. The van der Waals surface area contributed by atoms with Crippen LogP contribution in [0, 0.1) is 6.92 Å². The molecule has 0 aliphatic heterocycles. The number of carbonyl (C=O) groups is 1. The van der Waals surface area contributed by atoms with E-state index in [9.17, 15) is 4.79 Å². The minimum absolute atomic E-state index is 0.0900. The van der Waals surface area contributed by atoms with Gasteiger partial charge < -0.3 is 10.1 Å². The molecule has 94 valence electrons. The molecule has 0 heterocycles. The summed E-state index contributed by atoms with van der Waals surface area (Å²) in [6, 6.07) is 5.48. The number of carbonyl (C=O) groups excluding carboxylic acids is 1. The molecule has 0 aromatic heterocycles. The van der Waals surface area contributed by atoms with Gasteiger partial charge in [-0.2, -0.15) is 0 Å². The molecule has 3 heteroatoms. The van der Waals surface area contributed by atoms with E-state index in [1.54, 1.807) is 7.11 Å². The maximum atomic E-state index is 12.2. The van der Waals surface area contributed by atoms with Gasteiger partial charge in [-0.25, -0.2) is 0 Å². The Labute approximate surface area is 103 Å². The van der Waals surface area contributed by atoms with Gasteiger partial charge in [0.25, 0.3) is 0 Å². The third-order valence-electron chi connectivity index (χ3n) is 2.85. The number of aryl methyl sites for hydroxylation is 1. The summed E-state index contributed by atoms with van der Waals surface area (Å²) >= 11 is 0. The summed E-state index contributed by atoms with van der Waals surface area (Å²) in [5.74, 6) is 0.971. The number of Topliss-reactive ketones (excluding diaryl/α,β-unsaturated/α-hetero) is 1. The number of rotatable bonds is 6. The maximum Gasteiger partial charge on any atom is 0.179 e. The Morgan fingerprint density at radius 1 is 1.41 bits per heavy atom. The molecule has 1 N–H and O–H groups in total. The van der Waals surface area contributed by atoms with Crippen LogP contribution < -0.4 is 10.1 Å². The van der Waals surface area contributed by atoms with Crippen LogP contribution >= 0.6 is 0 Å². The molecule has 0 aliphatic rings. The summed E-state index contributed by atoms with van der Waals surface area (Å²) in [6.07, 6.45) is 0.803. The first-order valence-electron chi connectivity index (χ1n) is 6.06. The lowest BCUT2D eigenvalue weighted by atomic mass is 10.00. The van der Waals surface area contributed by atoms with Gasteiger partial charge >= 0.3 is 0 Å². The highest BCUT2D eigenvalue weighted by molar-refractivity contribution is 6.00. The molecule has 0 spiro atoms. The van der Waals surface area contributed by atoms with Crippen molar-refractivity contribution in [3.8, 4) is 5.75 Å². The summed E-state index contributed by atoms with van der Waals surface area (Å²) < 4.78 is 5.19. The quantitative estimate of drug-likeness (QED) is 0.770. The van der Waals surface area contributed by atoms with Crippen LogP contribution in [0.15, 0.2) is 18.2 Å². The molecular formula is C14H21NO2. The molecule has 0 fully saturated rings. The van der Waals surface area contributed by atoms with Gasteiger partial charge in [0, 0.05) is 5.56 Å². The molecule has 17 heavy (non-hydrogen) atoms. The van der Waals surface area contributed by atoms with Crippen molar-refractivity contribution in [3.63, 3.8) is 0 Å². The summed E-state index contributed by atoms with van der Waals surface area (Å²) in [7, 11) is 1.64. The van der Waals surface area contributed by atoms with E-state index in [4.69, 9.17) is 4.74 Å². The van der Waals surface area contributed by atoms with Gasteiger partial charge in [-0.05, 0) is 43.7 Å². The van der Waals surface area contributed by atoms with Gasteiger partial charge in [0.15, 0.2) is 5.78 Å². The van der Waals surface area contributed by atoms with E-state index in [0.717, 1.165) is 29.8 Å². The van der Waals surface area contributed by atoms with Crippen LogP contribution in [-0.4, -0.2) is 25.5 Å². The van der Waals surface area contributed by atoms with Crippen molar-refractivity contribution in [1.82, 2.24) is 5.32 Å². The van der Waals surface area contributed by atoms with Crippen LogP contribution in [0.25, 0.3) is 0 Å². The van der Waals surface area contributed by atoms with Crippen molar-refractivity contribution in [3.05, 3.63) is 29.3 Å². The second kappa shape index (κ2) is 6.40. The lowest BCUT2D eigenvalue weighted by Gasteiger charge is -2.15. The van der Waals surface area contributed by atoms with E-state index < -0.39 is 0 Å². The van der Waals surface area contributed by atoms with Crippen molar-refractivity contribution in [1.29, 1.82) is 0 Å². The van der Waals surface area contributed by atoms with Crippen molar-refractivity contribution in [2.24, 2.45) is 0 Å². The fourth-order valence-electron chi connectivity index (χ4n) is 1.90. The van der Waals surface area contributed by atoms with Gasteiger partial charge in [-0.15, -0.1) is 0 Å². The Bertz CT molecular complexity index is 388. The molecule has 0 radical (unpaired) electrons. The number of ketones is 1. The first kappa shape index (κ1) is 13.7. The summed E-state index contributed by atoms with van der Waals surface area (Å²) in [5.41, 5.74) is 1.74. The fraction of sp³-hybridized carbons (Fsp3) is 0.500. The van der Waals surface area contributed by atoms with Crippen LogP contribution in [0.3, 0.4) is 0 Å². The highest BCUT2D eigenvalue weighted by Crippen LogP contribution is 2.19. The Hall–Kier alpha value is -1.35. The molecular weight excluding hydrogens is 214 g/mol. The highest BCUT2D eigenvalue weighted by Gasteiger charge is 2.17. The smallest absolute Gasteiger partial charge is 0.179 e. The van der Waals surface area contributed by atoms with Gasteiger partial charge in [0.05, 0.1) is 13.2 Å². The zero-order valence-corrected chi connectivity index (χ0v) is 11.0. The van der Waals surface area contributed by atoms with Crippen molar-refractivity contribution >= 4 is 5.78 Å². The predicted octanol–water partition coefficient (Wildman–Crippen LogP) is 2.57. The minimum atomic E-state index is -0.0900. The Balaban J connectivity index is 2.92. The molecule has 0 aliphatic carbocycles. The average Bonchev–Trinajstić information content (AvgIpc) is 2.35. The molecule has 1 unspecified atom stereocenters. The molecule has 0 bridgehead atoms. The molecule has 3 nitrogen and oxygen atoms in total. The highest BCUT2D eigenvalue weighted by atomic mass is 16.5. The van der Waals surface area contributed by atoms with E-state index >= 15 is 0 Å². The first-order chi connectivity index (χ1) is 8.13. The second-order valence-electron chi connectivity index (χ2n) is 4.07. The summed E-state index contributed by atoms with van der Waals surface area (Å²) in [6.45, 7) is 6.78. The van der Waals surface area contributed by atoms with E-state index in [2.05, 4.69) is 5.32 Å². The molecule has 1 aromatic rings. The van der Waals surface area contributed by atoms with Crippen molar-refractivity contribution in [2.45, 2.75) is 33.2 Å². The number of methoxy groups -OCH3 is 1. The number of ether oxygens (including phenoxy) is 1. The Kier molecular flexibility index (Phi) is 5.16. The maximum absolute atomic E-state index is 12.2. The van der Waals surface area contributed by atoms with Crippen molar-refractivity contribution < 1.29 is 9.53 Å². The molecule has 1 aromatic carbocycles. The molecule has 1 atom stereocenters. The van der Waals surface area contributed by atoms with E-state index in [1.807, 2.05) is 39.0 Å². The summed E-state index contributed by atoms with van der Waals surface area (Å²) in [4.78, 5) is 12.2. The van der Waals surface area contributed by atoms with E-state index in [-0.39, 0.29) is 11.8 Å². The second-order valence-corrected chi connectivity index (χ2v) is 4.07. The van der Waals surface area contributed by atoms with Gasteiger partial charge in [-0.3, -0.25) is 4.79 Å². The monoisotopic (exact) mass is 235 g/mol. The number of hydrogen-bond acceptors (Lipinski definition) is 3. The number of benzene rings is 1. The third kappa shape index (κ3) is 3.30. The van der Waals surface area contributed by atoms with Gasteiger partial charge in [-0.1, -0.05) is 13.8 Å². The largest absolute Gasteiger partial charge is 0.496 e. The van der Waals surface area contributed by atoms with Crippen molar-refractivity contribution in [2.75, 3.05) is 13.7 Å². The normalized spacial score (nSPS) is 12.2. The van der Waals surface area contributed by atoms with Crippen LogP contribution in [-0.2, 0) is 0 Å². The van der Waals surface area contributed by atoms with Crippen LogP contribution in [0.5, 0.6) is 5.75 Å². The van der Waals surface area contributed by atoms with Gasteiger partial charge in [0.1, 0.15) is 5.75 Å². The number of nitrogens with one attached hydrogen (secondary N) is 1. The zero-order chi connectivity index (χ0) is 12.8. The Morgan fingerprint density at radius 3 is 2.59 bits per heavy atom. The lowest BCUT2D eigenvalue weighted by Crippen LogP contribution is -2.36.